The lowest BCUT2D eigenvalue weighted by atomic mass is 10.1. The molecule has 0 spiro atoms. The highest BCUT2D eigenvalue weighted by molar-refractivity contribution is 5.71. The van der Waals surface area contributed by atoms with Crippen LogP contribution in [0.4, 0.5) is 19.0 Å². The van der Waals surface area contributed by atoms with Crippen LogP contribution in [0.15, 0.2) is 24.3 Å². The summed E-state index contributed by atoms with van der Waals surface area (Å²) in [5.41, 5.74) is 5.67. The number of nitrogens with two attached hydrogens (primary N) is 2. The van der Waals surface area contributed by atoms with Crippen LogP contribution in [0.2, 0.25) is 0 Å². The van der Waals surface area contributed by atoms with Crippen molar-refractivity contribution < 1.29 is 13.2 Å². The smallest absolute Gasteiger partial charge is 0.382 e. The number of aryl methyl sites for hydroxylation is 1. The number of nitrogen functional groups attached to an aromatic ring is 2. The molecule has 0 radical (unpaired) electrons. The fourth-order valence-electron chi connectivity index (χ4n) is 1.95. The lowest BCUT2D eigenvalue weighted by molar-refractivity contribution is -0.137. The van der Waals surface area contributed by atoms with Crippen molar-refractivity contribution in [1.82, 2.24) is 9.66 Å². The van der Waals surface area contributed by atoms with E-state index in [0.29, 0.717) is 17.8 Å². The predicted octanol–water partition coefficient (Wildman–Crippen LogP) is 2.82. The van der Waals surface area contributed by atoms with Gasteiger partial charge in [-0.3, -0.25) is 0 Å². The van der Waals surface area contributed by atoms with Gasteiger partial charge in [0.05, 0.1) is 5.56 Å². The van der Waals surface area contributed by atoms with Gasteiger partial charge in [-0.1, -0.05) is 19.1 Å². The first-order chi connectivity index (χ1) is 9.34. The first-order valence-corrected chi connectivity index (χ1v) is 6.14. The number of benzene rings is 1. The van der Waals surface area contributed by atoms with Crippen LogP contribution in [0.5, 0.6) is 0 Å². The minimum atomic E-state index is -4.40. The molecule has 0 saturated carbocycles. The van der Waals surface area contributed by atoms with Crippen LogP contribution in [-0.2, 0) is 12.6 Å². The highest BCUT2D eigenvalue weighted by Crippen LogP contribution is 2.33. The molecule has 0 amide bonds. The molecule has 1 aromatic heterocycles. The minimum absolute atomic E-state index is 0.160. The molecule has 0 fully saturated rings. The monoisotopic (exact) mass is 284 g/mol. The Hall–Kier alpha value is -2.18. The van der Waals surface area contributed by atoms with Gasteiger partial charge < -0.3 is 11.6 Å². The van der Waals surface area contributed by atoms with Gasteiger partial charge in [0.1, 0.15) is 11.5 Å². The molecule has 4 nitrogen and oxygen atoms in total. The summed E-state index contributed by atoms with van der Waals surface area (Å²) in [6.45, 7) is 1.95. The Kier molecular flexibility index (Phi) is 3.61. The fraction of sp³-hybridized carbons (Fsp3) is 0.308. The van der Waals surface area contributed by atoms with Crippen LogP contribution in [0.3, 0.4) is 0 Å². The van der Waals surface area contributed by atoms with E-state index in [0.717, 1.165) is 18.6 Å². The van der Waals surface area contributed by atoms with Crippen molar-refractivity contribution in [2.75, 3.05) is 11.6 Å². The summed E-state index contributed by atoms with van der Waals surface area (Å²) in [7, 11) is 0. The zero-order valence-corrected chi connectivity index (χ0v) is 10.9. The van der Waals surface area contributed by atoms with Gasteiger partial charge in [0.2, 0.25) is 0 Å². The SMILES string of the molecule is CCCc1nc(-c2cccc(C(F)(F)F)c2)c(N)n1N. The van der Waals surface area contributed by atoms with Gasteiger partial charge in [0.15, 0.2) is 5.82 Å². The maximum Gasteiger partial charge on any atom is 0.416 e. The molecule has 0 atom stereocenters. The van der Waals surface area contributed by atoms with Crippen molar-refractivity contribution in [3.63, 3.8) is 0 Å². The lowest BCUT2D eigenvalue weighted by Crippen LogP contribution is -2.15. The third kappa shape index (κ3) is 2.56. The number of rotatable bonds is 3. The summed E-state index contributed by atoms with van der Waals surface area (Å²) in [6.07, 6.45) is -2.97. The number of alkyl halides is 3. The summed E-state index contributed by atoms with van der Waals surface area (Å²) < 4.78 is 39.3. The van der Waals surface area contributed by atoms with Crippen molar-refractivity contribution in [3.8, 4) is 11.3 Å². The minimum Gasteiger partial charge on any atom is -0.382 e. The van der Waals surface area contributed by atoms with Crippen molar-refractivity contribution >= 4 is 5.82 Å². The molecule has 0 unspecified atom stereocenters. The number of imidazole rings is 1. The Labute approximate surface area is 114 Å². The molecule has 1 aromatic carbocycles. The van der Waals surface area contributed by atoms with Crippen LogP contribution < -0.4 is 11.6 Å². The molecule has 2 rings (SSSR count). The summed E-state index contributed by atoms with van der Waals surface area (Å²) >= 11 is 0. The second kappa shape index (κ2) is 5.07. The average molecular weight is 284 g/mol. The van der Waals surface area contributed by atoms with E-state index in [2.05, 4.69) is 4.98 Å². The highest BCUT2D eigenvalue weighted by atomic mass is 19.4. The normalized spacial score (nSPS) is 11.8. The topological polar surface area (TPSA) is 69.9 Å². The van der Waals surface area contributed by atoms with E-state index in [9.17, 15) is 13.2 Å². The summed E-state index contributed by atoms with van der Waals surface area (Å²) in [5.74, 6) is 6.47. The van der Waals surface area contributed by atoms with Crippen LogP contribution in [-0.4, -0.2) is 9.66 Å². The van der Waals surface area contributed by atoms with Crippen molar-refractivity contribution in [1.29, 1.82) is 0 Å². The third-order valence-corrected chi connectivity index (χ3v) is 2.96. The van der Waals surface area contributed by atoms with Crippen LogP contribution in [0, 0.1) is 0 Å². The molecule has 1 heterocycles. The Morgan fingerprint density at radius 1 is 1.30 bits per heavy atom. The van der Waals surface area contributed by atoms with Gasteiger partial charge in [-0.25, -0.2) is 9.66 Å². The van der Waals surface area contributed by atoms with E-state index in [1.807, 2.05) is 6.92 Å². The van der Waals surface area contributed by atoms with Gasteiger partial charge in [0, 0.05) is 12.0 Å². The molecule has 2 aromatic rings. The second-order valence-electron chi connectivity index (χ2n) is 4.46. The maximum absolute atomic E-state index is 12.7. The van der Waals surface area contributed by atoms with Gasteiger partial charge in [-0.2, -0.15) is 13.2 Å². The largest absolute Gasteiger partial charge is 0.416 e. The molecule has 0 bridgehead atoms. The number of hydrogen-bond acceptors (Lipinski definition) is 3. The number of halogens is 3. The molecule has 0 saturated heterocycles. The van der Waals surface area contributed by atoms with Crippen LogP contribution in [0.25, 0.3) is 11.3 Å². The maximum atomic E-state index is 12.7. The number of hydrogen-bond donors (Lipinski definition) is 2. The summed E-state index contributed by atoms with van der Waals surface area (Å²) in [4.78, 5) is 4.24. The zero-order chi connectivity index (χ0) is 14.9. The van der Waals surface area contributed by atoms with Crippen molar-refractivity contribution in [2.45, 2.75) is 25.9 Å². The Morgan fingerprint density at radius 2 is 2.00 bits per heavy atom. The molecule has 0 aliphatic heterocycles. The first-order valence-electron chi connectivity index (χ1n) is 6.14. The Balaban J connectivity index is 2.49. The molecular weight excluding hydrogens is 269 g/mol. The first kappa shape index (κ1) is 14.2. The molecule has 108 valence electrons. The standard InChI is InChI=1S/C13H15F3N4/c1-2-4-10-19-11(12(17)20(10)18)8-5-3-6-9(7-8)13(14,15)16/h3,5-7H,2,4,17-18H2,1H3. The molecule has 7 heteroatoms. The van der Waals surface area contributed by atoms with E-state index < -0.39 is 11.7 Å². The summed E-state index contributed by atoms with van der Waals surface area (Å²) in [5, 5.41) is 0. The van der Waals surface area contributed by atoms with Gasteiger partial charge in [-0.05, 0) is 18.6 Å². The molecule has 0 aliphatic carbocycles. The van der Waals surface area contributed by atoms with Crippen LogP contribution >= 0.6 is 0 Å². The summed E-state index contributed by atoms with van der Waals surface area (Å²) in [6, 6.07) is 4.89. The molecule has 4 N–H and O–H groups in total. The van der Waals surface area contributed by atoms with Gasteiger partial charge >= 0.3 is 6.18 Å². The number of nitrogens with zero attached hydrogens (tertiary/aromatic N) is 2. The quantitative estimate of drug-likeness (QED) is 0.851. The van der Waals surface area contributed by atoms with E-state index in [4.69, 9.17) is 11.6 Å². The van der Waals surface area contributed by atoms with E-state index in [-0.39, 0.29) is 11.5 Å². The number of anilines is 1. The van der Waals surface area contributed by atoms with Crippen molar-refractivity contribution in [2.24, 2.45) is 0 Å². The van der Waals surface area contributed by atoms with E-state index >= 15 is 0 Å². The van der Waals surface area contributed by atoms with Gasteiger partial charge in [-0.15, -0.1) is 0 Å². The predicted molar refractivity (Wildman–Crippen MR) is 71.2 cm³/mol. The van der Waals surface area contributed by atoms with Crippen molar-refractivity contribution in [3.05, 3.63) is 35.7 Å². The Morgan fingerprint density at radius 3 is 2.60 bits per heavy atom. The van der Waals surface area contributed by atoms with E-state index in [1.54, 1.807) is 0 Å². The molecular formula is C13H15F3N4. The second-order valence-corrected chi connectivity index (χ2v) is 4.46. The highest BCUT2D eigenvalue weighted by Gasteiger charge is 2.30. The van der Waals surface area contributed by atoms with Crippen LogP contribution in [0.1, 0.15) is 24.7 Å². The Bertz CT molecular complexity index is 617. The average Bonchev–Trinajstić information content (AvgIpc) is 2.67. The fourth-order valence-corrected chi connectivity index (χ4v) is 1.95. The molecule has 0 aliphatic rings. The molecule has 20 heavy (non-hydrogen) atoms. The van der Waals surface area contributed by atoms with E-state index in [1.165, 1.54) is 16.8 Å². The van der Waals surface area contributed by atoms with Gasteiger partial charge in [0.25, 0.3) is 0 Å². The third-order valence-electron chi connectivity index (χ3n) is 2.96. The lowest BCUT2D eigenvalue weighted by Gasteiger charge is -2.08. The zero-order valence-electron chi connectivity index (χ0n) is 10.9. The number of aromatic nitrogens is 2.